The van der Waals surface area contributed by atoms with Crippen molar-refractivity contribution < 1.29 is 4.74 Å². The Morgan fingerprint density at radius 3 is 2.50 bits per heavy atom. The summed E-state index contributed by atoms with van der Waals surface area (Å²) < 4.78 is 5.20. The molecule has 0 amide bonds. The van der Waals surface area contributed by atoms with Crippen molar-refractivity contribution >= 4 is 10.8 Å². The molecule has 0 fully saturated rings. The Labute approximate surface area is 84.3 Å². The minimum absolute atomic E-state index is 0.919. The summed E-state index contributed by atoms with van der Waals surface area (Å²) in [6.45, 7) is 4.26. The minimum atomic E-state index is 0.919. The van der Waals surface area contributed by atoms with Crippen molar-refractivity contribution in [1.29, 1.82) is 0 Å². The lowest BCUT2D eigenvalue weighted by molar-refractivity contribution is 0.415. The Morgan fingerprint density at radius 1 is 1.00 bits per heavy atom. The van der Waals surface area contributed by atoms with E-state index in [0.717, 1.165) is 5.75 Å². The zero-order valence-electron chi connectivity index (χ0n) is 8.79. The first-order valence-corrected chi connectivity index (χ1v) is 4.76. The van der Waals surface area contributed by atoms with Crippen molar-refractivity contribution in [2.24, 2.45) is 0 Å². The molecule has 0 radical (unpaired) electrons. The van der Waals surface area contributed by atoms with E-state index in [4.69, 9.17) is 4.74 Å². The van der Waals surface area contributed by atoms with Gasteiger partial charge in [0.1, 0.15) is 5.75 Å². The third kappa shape index (κ3) is 1.46. The van der Waals surface area contributed by atoms with Crippen molar-refractivity contribution in [2.45, 2.75) is 13.8 Å². The summed E-state index contributed by atoms with van der Waals surface area (Å²) in [6, 6.07) is 10.6. The van der Waals surface area contributed by atoms with Crippen molar-refractivity contribution in [1.82, 2.24) is 0 Å². The van der Waals surface area contributed by atoms with Gasteiger partial charge in [0.2, 0.25) is 0 Å². The highest BCUT2D eigenvalue weighted by Crippen LogP contribution is 2.24. The monoisotopic (exact) mass is 186 g/mol. The van der Waals surface area contributed by atoms with E-state index in [2.05, 4.69) is 38.1 Å². The molecule has 0 saturated heterocycles. The second kappa shape index (κ2) is 3.33. The quantitative estimate of drug-likeness (QED) is 0.662. The summed E-state index contributed by atoms with van der Waals surface area (Å²) in [5.74, 6) is 0.919. The molecule has 1 nitrogen and oxygen atoms in total. The molecule has 2 aromatic carbocycles. The average molecular weight is 186 g/mol. The Bertz CT molecular complexity index is 472. The molecule has 2 aromatic rings. The molecule has 0 aliphatic rings. The van der Waals surface area contributed by atoms with E-state index in [9.17, 15) is 0 Å². The lowest BCUT2D eigenvalue weighted by Gasteiger charge is -2.06. The Balaban J connectivity index is 2.75. The van der Waals surface area contributed by atoms with Gasteiger partial charge in [0.25, 0.3) is 0 Å². The normalized spacial score (nSPS) is 10.5. The Kier molecular flexibility index (Phi) is 2.16. The van der Waals surface area contributed by atoms with E-state index in [1.165, 1.54) is 21.9 Å². The van der Waals surface area contributed by atoms with E-state index in [0.29, 0.717) is 0 Å². The summed E-state index contributed by atoms with van der Waals surface area (Å²) in [4.78, 5) is 0. The SMILES string of the molecule is COc1ccc2c(C)cc(C)cc2c1. The van der Waals surface area contributed by atoms with Gasteiger partial charge in [-0.25, -0.2) is 0 Å². The highest BCUT2D eigenvalue weighted by atomic mass is 16.5. The fourth-order valence-corrected chi connectivity index (χ4v) is 1.85. The fourth-order valence-electron chi connectivity index (χ4n) is 1.85. The Morgan fingerprint density at radius 2 is 1.79 bits per heavy atom. The van der Waals surface area contributed by atoms with Crippen molar-refractivity contribution in [3.05, 3.63) is 41.5 Å². The molecular formula is C13H14O. The average Bonchev–Trinajstić information content (AvgIpc) is 2.16. The molecule has 0 unspecified atom stereocenters. The van der Waals surface area contributed by atoms with Crippen LogP contribution in [0.2, 0.25) is 0 Å². The van der Waals surface area contributed by atoms with Gasteiger partial charge < -0.3 is 4.74 Å². The van der Waals surface area contributed by atoms with E-state index in [-0.39, 0.29) is 0 Å². The maximum absolute atomic E-state index is 5.20. The van der Waals surface area contributed by atoms with Gasteiger partial charge in [-0.1, -0.05) is 23.8 Å². The molecule has 0 N–H and O–H groups in total. The molecule has 0 aliphatic carbocycles. The van der Waals surface area contributed by atoms with Gasteiger partial charge in [0.15, 0.2) is 0 Å². The maximum atomic E-state index is 5.20. The van der Waals surface area contributed by atoms with E-state index in [1.807, 2.05) is 6.07 Å². The molecule has 2 rings (SSSR count). The largest absolute Gasteiger partial charge is 0.497 e. The number of aryl methyl sites for hydroxylation is 2. The molecule has 0 bridgehead atoms. The molecule has 72 valence electrons. The summed E-state index contributed by atoms with van der Waals surface area (Å²) in [6.07, 6.45) is 0. The standard InChI is InChI=1S/C13H14O/c1-9-6-10(2)13-5-4-12(14-3)8-11(13)7-9/h4-8H,1-3H3. The van der Waals surface area contributed by atoms with Crippen LogP contribution in [0.1, 0.15) is 11.1 Å². The molecule has 0 heterocycles. The molecule has 0 aromatic heterocycles. The lowest BCUT2D eigenvalue weighted by atomic mass is 10.0. The zero-order valence-corrected chi connectivity index (χ0v) is 8.79. The summed E-state index contributed by atoms with van der Waals surface area (Å²) in [7, 11) is 1.70. The van der Waals surface area contributed by atoms with Crippen LogP contribution in [0, 0.1) is 13.8 Å². The van der Waals surface area contributed by atoms with Crippen LogP contribution in [0.15, 0.2) is 30.3 Å². The number of hydrogen-bond acceptors (Lipinski definition) is 1. The Hall–Kier alpha value is -1.50. The third-order valence-electron chi connectivity index (χ3n) is 2.51. The number of methoxy groups -OCH3 is 1. The van der Waals surface area contributed by atoms with Gasteiger partial charge in [-0.3, -0.25) is 0 Å². The van der Waals surface area contributed by atoms with Gasteiger partial charge in [-0.05, 0) is 42.3 Å². The van der Waals surface area contributed by atoms with Gasteiger partial charge in [0, 0.05) is 0 Å². The van der Waals surface area contributed by atoms with Crippen molar-refractivity contribution in [3.8, 4) is 5.75 Å². The molecule has 0 aliphatic heterocycles. The topological polar surface area (TPSA) is 9.23 Å². The molecule has 0 atom stereocenters. The second-order valence-electron chi connectivity index (χ2n) is 3.67. The third-order valence-corrected chi connectivity index (χ3v) is 2.51. The first-order chi connectivity index (χ1) is 6.70. The van der Waals surface area contributed by atoms with E-state index >= 15 is 0 Å². The van der Waals surface area contributed by atoms with Crippen molar-refractivity contribution in [2.75, 3.05) is 7.11 Å². The first kappa shape index (κ1) is 9.07. The molecule has 14 heavy (non-hydrogen) atoms. The van der Waals surface area contributed by atoms with E-state index < -0.39 is 0 Å². The lowest BCUT2D eigenvalue weighted by Crippen LogP contribution is -1.85. The number of fused-ring (bicyclic) bond motifs is 1. The van der Waals surface area contributed by atoms with Gasteiger partial charge >= 0.3 is 0 Å². The molecular weight excluding hydrogens is 172 g/mol. The zero-order chi connectivity index (χ0) is 10.1. The summed E-state index contributed by atoms with van der Waals surface area (Å²) in [5, 5.41) is 2.55. The van der Waals surface area contributed by atoms with Crippen LogP contribution in [-0.4, -0.2) is 7.11 Å². The second-order valence-corrected chi connectivity index (χ2v) is 3.67. The van der Waals surface area contributed by atoms with Gasteiger partial charge in [-0.2, -0.15) is 0 Å². The molecule has 1 heteroatoms. The number of benzene rings is 2. The smallest absolute Gasteiger partial charge is 0.119 e. The number of hydrogen-bond donors (Lipinski definition) is 0. The number of ether oxygens (including phenoxy) is 1. The minimum Gasteiger partial charge on any atom is -0.497 e. The number of rotatable bonds is 1. The summed E-state index contributed by atoms with van der Waals surface area (Å²) in [5.41, 5.74) is 2.62. The molecule has 0 saturated carbocycles. The van der Waals surface area contributed by atoms with Crippen LogP contribution in [0.3, 0.4) is 0 Å². The maximum Gasteiger partial charge on any atom is 0.119 e. The van der Waals surface area contributed by atoms with Crippen molar-refractivity contribution in [3.63, 3.8) is 0 Å². The highest BCUT2D eigenvalue weighted by molar-refractivity contribution is 5.87. The predicted molar refractivity (Wildman–Crippen MR) is 60.0 cm³/mol. The van der Waals surface area contributed by atoms with Crippen LogP contribution >= 0.6 is 0 Å². The van der Waals surface area contributed by atoms with Crippen LogP contribution < -0.4 is 4.74 Å². The predicted octanol–water partition coefficient (Wildman–Crippen LogP) is 3.47. The van der Waals surface area contributed by atoms with Crippen LogP contribution in [0.5, 0.6) is 5.75 Å². The molecule has 0 spiro atoms. The van der Waals surface area contributed by atoms with Crippen LogP contribution in [-0.2, 0) is 0 Å². The highest BCUT2D eigenvalue weighted by Gasteiger charge is 2.00. The van der Waals surface area contributed by atoms with Gasteiger partial charge in [0.05, 0.1) is 7.11 Å². The first-order valence-electron chi connectivity index (χ1n) is 4.76. The van der Waals surface area contributed by atoms with Crippen LogP contribution in [0.25, 0.3) is 10.8 Å². The fraction of sp³-hybridized carbons (Fsp3) is 0.231. The summed E-state index contributed by atoms with van der Waals surface area (Å²) >= 11 is 0. The van der Waals surface area contributed by atoms with Gasteiger partial charge in [-0.15, -0.1) is 0 Å². The van der Waals surface area contributed by atoms with E-state index in [1.54, 1.807) is 7.11 Å². The van der Waals surface area contributed by atoms with Crippen LogP contribution in [0.4, 0.5) is 0 Å².